The number of halogens is 1. The maximum atomic E-state index is 11.4. The van der Waals surface area contributed by atoms with Gasteiger partial charge in [0.1, 0.15) is 0 Å². The normalized spacial score (nSPS) is 9.93. The molecule has 0 aliphatic rings. The highest BCUT2D eigenvalue weighted by atomic mass is 127. The monoisotopic (exact) mass is 320 g/mol. The smallest absolute Gasteiger partial charge is 0.465 e. The third kappa shape index (κ3) is 2.70. The number of ether oxygens (including phenoxy) is 1. The molecule has 4 nitrogen and oxygen atoms in total. The van der Waals surface area contributed by atoms with Crippen LogP contribution in [0.4, 0.5) is 0 Å². The Hall–Kier alpha value is -0.595. The Labute approximate surface area is 102 Å². The first-order chi connectivity index (χ1) is 6.97. The van der Waals surface area contributed by atoms with Gasteiger partial charge in [0.15, 0.2) is 0 Å². The van der Waals surface area contributed by atoms with Crippen LogP contribution in [0.25, 0.3) is 0 Å². The molecule has 1 aromatic carbocycles. The lowest BCUT2D eigenvalue weighted by molar-refractivity contribution is 0.0600. The van der Waals surface area contributed by atoms with Crippen LogP contribution in [0.1, 0.15) is 15.9 Å². The Morgan fingerprint density at radius 3 is 2.53 bits per heavy atom. The first kappa shape index (κ1) is 12.5. The summed E-state index contributed by atoms with van der Waals surface area (Å²) in [6.45, 7) is 1.65. The van der Waals surface area contributed by atoms with Crippen molar-refractivity contribution >= 4 is 41.1 Å². The highest BCUT2D eigenvalue weighted by molar-refractivity contribution is 14.1. The van der Waals surface area contributed by atoms with E-state index in [0.717, 1.165) is 3.57 Å². The molecule has 0 aromatic heterocycles. The van der Waals surface area contributed by atoms with Gasteiger partial charge in [-0.05, 0) is 52.7 Å². The molecule has 0 unspecified atom stereocenters. The minimum atomic E-state index is -1.58. The number of carbonyl (C=O) groups excluding carboxylic acids is 1. The van der Waals surface area contributed by atoms with Crippen LogP contribution in [0, 0.1) is 10.5 Å². The lowest BCUT2D eigenvalue weighted by Gasteiger charge is -2.10. The Bertz CT molecular complexity index is 392. The average molecular weight is 320 g/mol. The molecule has 15 heavy (non-hydrogen) atoms. The van der Waals surface area contributed by atoms with E-state index in [0.29, 0.717) is 16.6 Å². The van der Waals surface area contributed by atoms with Crippen LogP contribution in [0.5, 0.6) is 0 Å². The molecule has 0 heterocycles. The van der Waals surface area contributed by atoms with Crippen molar-refractivity contribution in [1.82, 2.24) is 0 Å². The first-order valence-corrected chi connectivity index (χ1v) is 5.29. The Morgan fingerprint density at radius 2 is 2.07 bits per heavy atom. The highest BCUT2D eigenvalue weighted by Gasteiger charge is 2.20. The summed E-state index contributed by atoms with van der Waals surface area (Å²) in [6.07, 6.45) is 0. The standard InChI is InChI=1S/C9H10BIO4/c1-5-7(9(12)15-2)3-6(11)4-8(5)10(13)14/h3-4,13-14H,1-2H3. The van der Waals surface area contributed by atoms with E-state index in [9.17, 15) is 4.79 Å². The van der Waals surface area contributed by atoms with E-state index in [1.807, 2.05) is 22.6 Å². The fraction of sp³-hybridized carbons (Fsp3) is 0.222. The van der Waals surface area contributed by atoms with E-state index in [1.54, 1.807) is 19.1 Å². The Kier molecular flexibility index (Phi) is 4.12. The molecule has 80 valence electrons. The van der Waals surface area contributed by atoms with E-state index < -0.39 is 13.1 Å². The van der Waals surface area contributed by atoms with Crippen molar-refractivity contribution in [3.05, 3.63) is 26.8 Å². The van der Waals surface area contributed by atoms with Gasteiger partial charge in [0.2, 0.25) is 0 Å². The number of hydrogen-bond acceptors (Lipinski definition) is 4. The molecule has 0 atom stereocenters. The molecule has 1 aromatic rings. The summed E-state index contributed by atoms with van der Waals surface area (Å²) in [4.78, 5) is 11.4. The molecule has 0 aliphatic heterocycles. The lowest BCUT2D eigenvalue weighted by atomic mass is 9.76. The zero-order valence-corrected chi connectivity index (χ0v) is 10.5. The Morgan fingerprint density at radius 1 is 1.47 bits per heavy atom. The molecule has 0 amide bonds. The predicted octanol–water partition coefficient (Wildman–Crippen LogP) is 0.0660. The van der Waals surface area contributed by atoms with Gasteiger partial charge in [-0.1, -0.05) is 0 Å². The molecule has 1 rings (SSSR count). The van der Waals surface area contributed by atoms with Gasteiger partial charge in [0, 0.05) is 3.57 Å². The van der Waals surface area contributed by atoms with Crippen molar-refractivity contribution in [2.45, 2.75) is 6.92 Å². The number of esters is 1. The minimum absolute atomic E-state index is 0.322. The van der Waals surface area contributed by atoms with E-state index in [-0.39, 0.29) is 0 Å². The number of methoxy groups -OCH3 is 1. The molecule has 0 aliphatic carbocycles. The molecule has 0 saturated heterocycles. The van der Waals surface area contributed by atoms with Crippen LogP contribution in [0.3, 0.4) is 0 Å². The second kappa shape index (κ2) is 4.95. The number of benzene rings is 1. The van der Waals surface area contributed by atoms with Crippen LogP contribution in [-0.4, -0.2) is 30.2 Å². The summed E-state index contributed by atoms with van der Waals surface area (Å²) in [5.74, 6) is -0.479. The van der Waals surface area contributed by atoms with Gasteiger partial charge in [0.05, 0.1) is 12.7 Å². The van der Waals surface area contributed by atoms with Crippen molar-refractivity contribution in [2.75, 3.05) is 7.11 Å². The van der Waals surface area contributed by atoms with E-state index >= 15 is 0 Å². The molecule has 0 bridgehead atoms. The van der Waals surface area contributed by atoms with Gasteiger partial charge in [0.25, 0.3) is 0 Å². The van der Waals surface area contributed by atoms with Crippen LogP contribution in [0.2, 0.25) is 0 Å². The molecule has 2 N–H and O–H groups in total. The summed E-state index contributed by atoms with van der Waals surface area (Å²) in [7, 11) is -0.292. The van der Waals surface area contributed by atoms with E-state index in [2.05, 4.69) is 4.74 Å². The van der Waals surface area contributed by atoms with Gasteiger partial charge < -0.3 is 14.8 Å². The third-order valence-electron chi connectivity index (χ3n) is 2.10. The summed E-state index contributed by atoms with van der Waals surface area (Å²) >= 11 is 2.00. The molecule has 6 heteroatoms. The summed E-state index contributed by atoms with van der Waals surface area (Å²) in [6, 6.07) is 3.26. The minimum Gasteiger partial charge on any atom is -0.465 e. The fourth-order valence-corrected chi connectivity index (χ4v) is 1.94. The van der Waals surface area contributed by atoms with Crippen molar-refractivity contribution < 1.29 is 19.6 Å². The van der Waals surface area contributed by atoms with Gasteiger partial charge in [-0.15, -0.1) is 0 Å². The average Bonchev–Trinajstić information content (AvgIpc) is 2.19. The molecule has 0 saturated carbocycles. The summed E-state index contributed by atoms with van der Waals surface area (Å²) in [5.41, 5.74) is 1.20. The quantitative estimate of drug-likeness (QED) is 0.460. The Balaban J connectivity index is 3.34. The van der Waals surface area contributed by atoms with Crippen molar-refractivity contribution in [3.63, 3.8) is 0 Å². The molecule has 0 spiro atoms. The van der Waals surface area contributed by atoms with Crippen LogP contribution < -0.4 is 5.46 Å². The summed E-state index contributed by atoms with van der Waals surface area (Å²) in [5, 5.41) is 18.2. The fourth-order valence-electron chi connectivity index (χ4n) is 1.29. The number of carbonyl (C=O) groups is 1. The van der Waals surface area contributed by atoms with Gasteiger partial charge in [-0.2, -0.15) is 0 Å². The van der Waals surface area contributed by atoms with Crippen molar-refractivity contribution in [3.8, 4) is 0 Å². The highest BCUT2D eigenvalue weighted by Crippen LogP contribution is 2.12. The zero-order chi connectivity index (χ0) is 11.6. The second-order valence-electron chi connectivity index (χ2n) is 3.03. The predicted molar refractivity (Wildman–Crippen MR) is 65.1 cm³/mol. The van der Waals surface area contributed by atoms with Crippen molar-refractivity contribution in [2.24, 2.45) is 0 Å². The zero-order valence-electron chi connectivity index (χ0n) is 8.32. The summed E-state index contributed by atoms with van der Waals surface area (Å²) < 4.78 is 5.35. The molecule has 0 radical (unpaired) electrons. The first-order valence-electron chi connectivity index (χ1n) is 4.22. The number of rotatable bonds is 2. The van der Waals surface area contributed by atoms with E-state index in [1.165, 1.54) is 7.11 Å². The third-order valence-corrected chi connectivity index (χ3v) is 2.72. The topological polar surface area (TPSA) is 66.8 Å². The largest absolute Gasteiger partial charge is 0.488 e. The molecule has 0 fully saturated rings. The molecular weight excluding hydrogens is 310 g/mol. The van der Waals surface area contributed by atoms with Gasteiger partial charge in [-0.25, -0.2) is 4.79 Å². The SMILES string of the molecule is COC(=O)c1cc(I)cc(B(O)O)c1C. The maximum absolute atomic E-state index is 11.4. The van der Waals surface area contributed by atoms with Crippen molar-refractivity contribution in [1.29, 1.82) is 0 Å². The van der Waals surface area contributed by atoms with E-state index in [4.69, 9.17) is 10.0 Å². The van der Waals surface area contributed by atoms with Gasteiger partial charge in [-0.3, -0.25) is 0 Å². The maximum Gasteiger partial charge on any atom is 0.488 e. The van der Waals surface area contributed by atoms with Crippen LogP contribution >= 0.6 is 22.6 Å². The number of hydrogen-bond donors (Lipinski definition) is 2. The second-order valence-corrected chi connectivity index (χ2v) is 4.28. The van der Waals surface area contributed by atoms with Crippen LogP contribution in [-0.2, 0) is 4.74 Å². The molecular formula is C9H10BIO4. The van der Waals surface area contributed by atoms with Gasteiger partial charge >= 0.3 is 13.1 Å². The van der Waals surface area contributed by atoms with Crippen LogP contribution in [0.15, 0.2) is 12.1 Å². The lowest BCUT2D eigenvalue weighted by Crippen LogP contribution is -2.33.